The van der Waals surface area contributed by atoms with Gasteiger partial charge >= 0.3 is 0 Å². The van der Waals surface area contributed by atoms with E-state index < -0.39 is 10.0 Å². The van der Waals surface area contributed by atoms with Gasteiger partial charge in [0.2, 0.25) is 10.0 Å². The highest BCUT2D eigenvalue weighted by atomic mass is 32.2. The van der Waals surface area contributed by atoms with Gasteiger partial charge in [0.25, 0.3) is 0 Å². The van der Waals surface area contributed by atoms with Gasteiger partial charge in [0, 0.05) is 31.4 Å². The Morgan fingerprint density at radius 3 is 2.24 bits per heavy atom. The van der Waals surface area contributed by atoms with Gasteiger partial charge in [0.15, 0.2) is 0 Å². The van der Waals surface area contributed by atoms with E-state index >= 15 is 0 Å². The van der Waals surface area contributed by atoms with E-state index in [-0.39, 0.29) is 0 Å². The van der Waals surface area contributed by atoms with Gasteiger partial charge in [0.1, 0.15) is 0 Å². The van der Waals surface area contributed by atoms with Crippen molar-refractivity contribution >= 4 is 15.7 Å². The van der Waals surface area contributed by atoms with Crippen LogP contribution in [0.2, 0.25) is 0 Å². The zero-order valence-corrected chi connectivity index (χ0v) is 13.6. The van der Waals surface area contributed by atoms with Gasteiger partial charge in [0.05, 0.1) is 4.90 Å². The average Bonchev–Trinajstić information content (AvgIpc) is 2.48. The van der Waals surface area contributed by atoms with Crippen molar-refractivity contribution in [1.29, 1.82) is 0 Å². The molecule has 1 saturated heterocycles. The van der Waals surface area contributed by atoms with Crippen LogP contribution in [0.5, 0.6) is 0 Å². The van der Waals surface area contributed by atoms with Gasteiger partial charge in [-0.05, 0) is 43.7 Å². The summed E-state index contributed by atoms with van der Waals surface area (Å²) >= 11 is 0. The van der Waals surface area contributed by atoms with E-state index in [0.29, 0.717) is 17.5 Å². The summed E-state index contributed by atoms with van der Waals surface area (Å²) in [5.41, 5.74) is 1.10. The Morgan fingerprint density at radius 2 is 1.71 bits per heavy atom. The van der Waals surface area contributed by atoms with E-state index in [1.807, 2.05) is 12.1 Å². The van der Waals surface area contributed by atoms with Crippen molar-refractivity contribution in [2.45, 2.75) is 37.6 Å². The average molecular weight is 311 g/mol. The van der Waals surface area contributed by atoms with Crippen LogP contribution in [0.4, 0.5) is 5.69 Å². The van der Waals surface area contributed by atoms with Crippen molar-refractivity contribution in [3.8, 4) is 0 Å². The second-order valence-electron chi connectivity index (χ2n) is 5.31. The maximum atomic E-state index is 11.9. The topological polar surface area (TPSA) is 61.4 Å². The van der Waals surface area contributed by atoms with Crippen molar-refractivity contribution in [1.82, 2.24) is 10.0 Å². The second kappa shape index (κ2) is 7.24. The molecule has 118 valence electrons. The standard InChI is InChI=1S/C15H25N3O2S/c1-3-16-13-9-11-18(12-10-13)14-5-7-15(8-6-14)21(19,20)17-4-2/h5-8,13,16-17H,3-4,9-12H2,1-2H3. The first-order valence-corrected chi connectivity index (χ1v) is 9.13. The van der Waals surface area contributed by atoms with Crippen LogP contribution in [0.15, 0.2) is 29.2 Å². The Bertz CT molecular complexity index is 535. The van der Waals surface area contributed by atoms with Crippen molar-refractivity contribution < 1.29 is 8.42 Å². The highest BCUT2D eigenvalue weighted by Crippen LogP contribution is 2.22. The minimum atomic E-state index is -3.35. The Hall–Kier alpha value is -1.11. The van der Waals surface area contributed by atoms with E-state index in [1.165, 1.54) is 0 Å². The number of piperidine rings is 1. The number of anilines is 1. The summed E-state index contributed by atoms with van der Waals surface area (Å²) in [6.07, 6.45) is 2.26. The Kier molecular flexibility index (Phi) is 5.61. The molecule has 21 heavy (non-hydrogen) atoms. The largest absolute Gasteiger partial charge is 0.371 e. The summed E-state index contributed by atoms with van der Waals surface area (Å²) in [5.74, 6) is 0. The van der Waals surface area contributed by atoms with Crippen molar-refractivity contribution in [3.63, 3.8) is 0 Å². The molecule has 5 nitrogen and oxygen atoms in total. The Labute approximate surface area is 127 Å². The molecule has 2 rings (SSSR count). The fourth-order valence-electron chi connectivity index (χ4n) is 2.74. The van der Waals surface area contributed by atoms with Gasteiger partial charge in [-0.3, -0.25) is 0 Å². The third kappa shape index (κ3) is 4.18. The molecule has 0 bridgehead atoms. The number of nitrogens with one attached hydrogen (secondary N) is 2. The molecule has 2 N–H and O–H groups in total. The summed E-state index contributed by atoms with van der Waals surface area (Å²) in [5, 5.41) is 3.49. The van der Waals surface area contributed by atoms with Crippen LogP contribution in [0.3, 0.4) is 0 Å². The zero-order valence-electron chi connectivity index (χ0n) is 12.8. The predicted molar refractivity (Wildman–Crippen MR) is 86.2 cm³/mol. The lowest BCUT2D eigenvalue weighted by Crippen LogP contribution is -2.42. The molecule has 1 aromatic carbocycles. The van der Waals surface area contributed by atoms with Gasteiger partial charge in [-0.2, -0.15) is 0 Å². The first-order valence-electron chi connectivity index (χ1n) is 7.65. The molecule has 0 aromatic heterocycles. The quantitative estimate of drug-likeness (QED) is 0.837. The summed E-state index contributed by atoms with van der Waals surface area (Å²) in [6, 6.07) is 7.78. The van der Waals surface area contributed by atoms with Crippen LogP contribution in [-0.2, 0) is 10.0 Å². The fraction of sp³-hybridized carbons (Fsp3) is 0.600. The van der Waals surface area contributed by atoms with Crippen molar-refractivity contribution in [2.24, 2.45) is 0 Å². The number of hydrogen-bond acceptors (Lipinski definition) is 4. The van der Waals surface area contributed by atoms with Crippen LogP contribution in [0.25, 0.3) is 0 Å². The molecule has 0 spiro atoms. The smallest absolute Gasteiger partial charge is 0.240 e. The molecule has 0 atom stereocenters. The molecular weight excluding hydrogens is 286 g/mol. The van der Waals surface area contributed by atoms with Crippen LogP contribution in [0, 0.1) is 0 Å². The van der Waals surface area contributed by atoms with E-state index in [1.54, 1.807) is 19.1 Å². The van der Waals surface area contributed by atoms with Crippen molar-refractivity contribution in [2.75, 3.05) is 31.1 Å². The predicted octanol–water partition coefficient (Wildman–Crippen LogP) is 1.56. The fourth-order valence-corrected chi connectivity index (χ4v) is 3.78. The van der Waals surface area contributed by atoms with E-state index in [9.17, 15) is 8.42 Å². The zero-order chi connectivity index (χ0) is 15.3. The summed E-state index contributed by atoms with van der Waals surface area (Å²) in [6.45, 7) is 7.36. The highest BCUT2D eigenvalue weighted by molar-refractivity contribution is 7.89. The summed E-state index contributed by atoms with van der Waals surface area (Å²) in [4.78, 5) is 2.65. The van der Waals surface area contributed by atoms with E-state index in [4.69, 9.17) is 0 Å². The molecule has 0 radical (unpaired) electrons. The molecular formula is C15H25N3O2S. The highest BCUT2D eigenvalue weighted by Gasteiger charge is 2.19. The third-order valence-corrected chi connectivity index (χ3v) is 5.40. The van der Waals surface area contributed by atoms with Crippen LogP contribution in [0.1, 0.15) is 26.7 Å². The molecule has 0 unspecified atom stereocenters. The number of rotatable bonds is 6. The molecule has 1 aromatic rings. The lowest BCUT2D eigenvalue weighted by Gasteiger charge is -2.34. The van der Waals surface area contributed by atoms with Gasteiger partial charge in [-0.25, -0.2) is 13.1 Å². The van der Waals surface area contributed by atoms with Crippen LogP contribution >= 0.6 is 0 Å². The number of sulfonamides is 1. The minimum absolute atomic E-state index is 0.329. The Balaban J connectivity index is 2.00. The van der Waals surface area contributed by atoms with Crippen molar-refractivity contribution in [3.05, 3.63) is 24.3 Å². The van der Waals surface area contributed by atoms with E-state index in [0.717, 1.165) is 38.2 Å². The van der Waals surface area contributed by atoms with Crippen LogP contribution in [-0.4, -0.2) is 40.6 Å². The van der Waals surface area contributed by atoms with Gasteiger partial charge in [-0.1, -0.05) is 13.8 Å². The number of benzene rings is 1. The third-order valence-electron chi connectivity index (χ3n) is 3.83. The molecule has 1 aliphatic rings. The number of hydrogen-bond donors (Lipinski definition) is 2. The normalized spacial score (nSPS) is 17.1. The first kappa shape index (κ1) is 16.3. The molecule has 1 heterocycles. The van der Waals surface area contributed by atoms with E-state index in [2.05, 4.69) is 21.9 Å². The maximum Gasteiger partial charge on any atom is 0.240 e. The summed E-state index contributed by atoms with van der Waals surface area (Å²) < 4.78 is 26.3. The molecule has 6 heteroatoms. The van der Waals surface area contributed by atoms with Gasteiger partial charge < -0.3 is 10.2 Å². The first-order chi connectivity index (χ1) is 10.1. The minimum Gasteiger partial charge on any atom is -0.371 e. The SMILES string of the molecule is CCNC1CCN(c2ccc(S(=O)(=O)NCC)cc2)CC1. The molecule has 1 fully saturated rings. The number of nitrogens with zero attached hydrogens (tertiary/aromatic N) is 1. The molecule has 0 aliphatic carbocycles. The second-order valence-corrected chi connectivity index (χ2v) is 7.08. The van der Waals surface area contributed by atoms with Crippen LogP contribution < -0.4 is 14.9 Å². The van der Waals surface area contributed by atoms with Gasteiger partial charge in [-0.15, -0.1) is 0 Å². The Morgan fingerprint density at radius 1 is 1.10 bits per heavy atom. The lowest BCUT2D eigenvalue weighted by molar-refractivity contribution is 0.424. The molecule has 1 aliphatic heterocycles. The molecule has 0 amide bonds. The monoisotopic (exact) mass is 311 g/mol. The maximum absolute atomic E-state index is 11.9. The lowest BCUT2D eigenvalue weighted by atomic mass is 10.0. The summed E-state index contributed by atoms with van der Waals surface area (Å²) in [7, 11) is -3.35. The molecule has 0 saturated carbocycles.